The molecule has 2 saturated carbocycles. The zero-order chi connectivity index (χ0) is 10.1. The van der Waals surface area contributed by atoms with Crippen molar-refractivity contribution in [2.24, 2.45) is 11.8 Å². The van der Waals surface area contributed by atoms with E-state index in [-0.39, 0.29) is 12.0 Å². The molecule has 0 saturated heterocycles. The van der Waals surface area contributed by atoms with Crippen molar-refractivity contribution in [3.05, 3.63) is 0 Å². The van der Waals surface area contributed by atoms with Crippen LogP contribution in [0.5, 0.6) is 0 Å². The Bertz CT molecular complexity index is 227. The number of carboxylic acid groups (broad SMARTS) is 1. The van der Waals surface area contributed by atoms with Crippen molar-refractivity contribution in [3.8, 4) is 0 Å². The molecule has 80 valence electrons. The summed E-state index contributed by atoms with van der Waals surface area (Å²) in [5, 5.41) is 8.90. The van der Waals surface area contributed by atoms with Gasteiger partial charge in [-0.25, -0.2) is 0 Å². The lowest BCUT2D eigenvalue weighted by Gasteiger charge is -2.26. The quantitative estimate of drug-likeness (QED) is 0.755. The smallest absolute Gasteiger partial charge is 0.306 e. The van der Waals surface area contributed by atoms with Gasteiger partial charge >= 0.3 is 5.97 Å². The maximum Gasteiger partial charge on any atom is 0.306 e. The highest BCUT2D eigenvalue weighted by Gasteiger charge is 2.37. The highest BCUT2D eigenvalue weighted by Crippen LogP contribution is 2.37. The lowest BCUT2D eigenvalue weighted by molar-refractivity contribution is -0.145. The highest BCUT2D eigenvalue weighted by molar-refractivity contribution is 5.70. The van der Waals surface area contributed by atoms with Crippen molar-refractivity contribution < 1.29 is 14.6 Å². The Morgan fingerprint density at radius 2 is 2.07 bits per heavy atom. The largest absolute Gasteiger partial charge is 0.481 e. The van der Waals surface area contributed by atoms with Crippen LogP contribution >= 0.6 is 0 Å². The van der Waals surface area contributed by atoms with Crippen LogP contribution in [0.25, 0.3) is 0 Å². The van der Waals surface area contributed by atoms with Crippen molar-refractivity contribution >= 4 is 5.97 Å². The number of aliphatic carboxylic acids is 1. The number of hydrogen-bond donors (Lipinski definition) is 1. The van der Waals surface area contributed by atoms with E-state index in [0.717, 1.165) is 32.1 Å². The van der Waals surface area contributed by atoms with Crippen LogP contribution in [0.3, 0.4) is 0 Å². The van der Waals surface area contributed by atoms with Gasteiger partial charge in [-0.05, 0) is 31.6 Å². The topological polar surface area (TPSA) is 46.5 Å². The fraction of sp³-hybridized carbons (Fsp3) is 0.909. The number of ether oxygens (including phenoxy) is 1. The van der Waals surface area contributed by atoms with E-state index < -0.39 is 5.97 Å². The van der Waals surface area contributed by atoms with E-state index in [1.54, 1.807) is 0 Å². The first kappa shape index (κ1) is 9.97. The van der Waals surface area contributed by atoms with Crippen molar-refractivity contribution in [3.63, 3.8) is 0 Å². The van der Waals surface area contributed by atoms with Crippen LogP contribution in [0.2, 0.25) is 0 Å². The highest BCUT2D eigenvalue weighted by atomic mass is 16.5. The van der Waals surface area contributed by atoms with Crippen LogP contribution in [0.15, 0.2) is 0 Å². The van der Waals surface area contributed by atoms with E-state index in [0.29, 0.717) is 12.0 Å². The molecule has 2 rings (SSSR count). The Morgan fingerprint density at radius 1 is 1.36 bits per heavy atom. The van der Waals surface area contributed by atoms with E-state index >= 15 is 0 Å². The molecule has 0 spiro atoms. The molecule has 1 N–H and O–H groups in total. The second-order valence-electron chi connectivity index (χ2n) is 4.71. The van der Waals surface area contributed by atoms with E-state index in [1.807, 2.05) is 0 Å². The fourth-order valence-corrected chi connectivity index (χ4v) is 2.22. The monoisotopic (exact) mass is 198 g/mol. The second kappa shape index (κ2) is 3.89. The predicted molar refractivity (Wildman–Crippen MR) is 52.0 cm³/mol. The minimum Gasteiger partial charge on any atom is -0.481 e. The summed E-state index contributed by atoms with van der Waals surface area (Å²) in [6, 6.07) is 0. The molecule has 2 aliphatic carbocycles. The third-order valence-corrected chi connectivity index (χ3v) is 3.38. The molecule has 2 fully saturated rings. The second-order valence-corrected chi connectivity index (χ2v) is 4.71. The minimum absolute atomic E-state index is 0.164. The molecule has 0 aromatic carbocycles. The van der Waals surface area contributed by atoms with Crippen molar-refractivity contribution in [1.82, 2.24) is 0 Å². The first-order valence-electron chi connectivity index (χ1n) is 5.55. The number of hydrogen-bond acceptors (Lipinski definition) is 2. The molecule has 14 heavy (non-hydrogen) atoms. The third-order valence-electron chi connectivity index (χ3n) is 3.38. The van der Waals surface area contributed by atoms with Crippen LogP contribution in [-0.4, -0.2) is 23.3 Å². The summed E-state index contributed by atoms with van der Waals surface area (Å²) in [5.74, 6) is -0.120. The maximum absolute atomic E-state index is 10.8. The molecule has 3 heteroatoms. The van der Waals surface area contributed by atoms with Gasteiger partial charge in [-0.2, -0.15) is 0 Å². The number of rotatable bonds is 3. The summed E-state index contributed by atoms with van der Waals surface area (Å²) in [4.78, 5) is 10.8. The van der Waals surface area contributed by atoms with Gasteiger partial charge in [0.05, 0.1) is 18.1 Å². The molecule has 4 atom stereocenters. The molecule has 2 aliphatic rings. The van der Waals surface area contributed by atoms with Gasteiger partial charge in [0.2, 0.25) is 0 Å². The van der Waals surface area contributed by atoms with E-state index in [1.165, 1.54) is 0 Å². The van der Waals surface area contributed by atoms with Crippen molar-refractivity contribution in [2.75, 3.05) is 0 Å². The first-order chi connectivity index (χ1) is 6.66. The number of carbonyl (C=O) groups is 1. The SMILES string of the molecule is CC1CC1O[C@H]1CCC[C@H](C(=O)O)C1. The summed E-state index contributed by atoms with van der Waals surface area (Å²) in [6.07, 6.45) is 5.39. The van der Waals surface area contributed by atoms with Crippen LogP contribution in [-0.2, 0) is 9.53 Å². The minimum atomic E-state index is -0.651. The van der Waals surface area contributed by atoms with Gasteiger partial charge in [0.1, 0.15) is 0 Å². The van der Waals surface area contributed by atoms with Crippen LogP contribution in [0.4, 0.5) is 0 Å². The molecule has 0 heterocycles. The molecular weight excluding hydrogens is 180 g/mol. The molecule has 3 nitrogen and oxygen atoms in total. The van der Waals surface area contributed by atoms with E-state index in [2.05, 4.69) is 6.92 Å². The fourth-order valence-electron chi connectivity index (χ4n) is 2.22. The zero-order valence-electron chi connectivity index (χ0n) is 8.61. The van der Waals surface area contributed by atoms with Gasteiger partial charge in [-0.1, -0.05) is 13.3 Å². The normalized spacial score (nSPS) is 42.1. The van der Waals surface area contributed by atoms with Crippen LogP contribution < -0.4 is 0 Å². The summed E-state index contributed by atoms with van der Waals surface area (Å²) in [7, 11) is 0. The average molecular weight is 198 g/mol. The van der Waals surface area contributed by atoms with Gasteiger partial charge < -0.3 is 9.84 Å². The Morgan fingerprint density at radius 3 is 2.64 bits per heavy atom. The van der Waals surface area contributed by atoms with Crippen molar-refractivity contribution in [1.29, 1.82) is 0 Å². The van der Waals surface area contributed by atoms with Gasteiger partial charge in [-0.3, -0.25) is 4.79 Å². The molecule has 0 radical (unpaired) electrons. The third kappa shape index (κ3) is 2.27. The predicted octanol–water partition coefficient (Wildman–Crippen LogP) is 2.05. The van der Waals surface area contributed by atoms with E-state index in [4.69, 9.17) is 9.84 Å². The van der Waals surface area contributed by atoms with Crippen LogP contribution in [0, 0.1) is 11.8 Å². The van der Waals surface area contributed by atoms with Gasteiger partial charge in [0, 0.05) is 0 Å². The van der Waals surface area contributed by atoms with E-state index in [9.17, 15) is 4.79 Å². The summed E-state index contributed by atoms with van der Waals surface area (Å²) in [5.41, 5.74) is 0. The Hall–Kier alpha value is -0.570. The standard InChI is InChI=1S/C11H18O3/c1-7-5-10(7)14-9-4-2-3-8(6-9)11(12)13/h7-10H,2-6H2,1H3,(H,12,13)/t7?,8-,9-,10?/m0/s1. The molecule has 0 amide bonds. The van der Waals surface area contributed by atoms with Crippen LogP contribution in [0.1, 0.15) is 39.0 Å². The maximum atomic E-state index is 10.8. The summed E-state index contributed by atoms with van der Waals surface area (Å²) >= 11 is 0. The zero-order valence-corrected chi connectivity index (χ0v) is 8.61. The van der Waals surface area contributed by atoms with Gasteiger partial charge in [0.25, 0.3) is 0 Å². The summed E-state index contributed by atoms with van der Waals surface area (Å²) in [6.45, 7) is 2.18. The molecule has 2 unspecified atom stereocenters. The summed E-state index contributed by atoms with van der Waals surface area (Å²) < 4.78 is 5.83. The molecule has 0 bridgehead atoms. The molecular formula is C11H18O3. The Balaban J connectivity index is 1.79. The lowest BCUT2D eigenvalue weighted by atomic mass is 9.87. The molecule has 0 aromatic rings. The Kier molecular flexibility index (Phi) is 2.77. The van der Waals surface area contributed by atoms with Gasteiger partial charge in [-0.15, -0.1) is 0 Å². The molecule has 0 aromatic heterocycles. The first-order valence-corrected chi connectivity index (χ1v) is 5.55. The number of carboxylic acids is 1. The van der Waals surface area contributed by atoms with Gasteiger partial charge in [0.15, 0.2) is 0 Å². The Labute approximate surface area is 84.4 Å². The average Bonchev–Trinajstić information content (AvgIpc) is 2.82. The van der Waals surface area contributed by atoms with Crippen molar-refractivity contribution in [2.45, 2.75) is 51.2 Å². The lowest BCUT2D eigenvalue weighted by Crippen LogP contribution is -2.28. The molecule has 0 aliphatic heterocycles.